The minimum atomic E-state index is -0.631. The van der Waals surface area contributed by atoms with Gasteiger partial charge < -0.3 is 9.40 Å². The predicted molar refractivity (Wildman–Crippen MR) is 79.7 cm³/mol. The highest BCUT2D eigenvalue weighted by Crippen LogP contribution is 2.23. The summed E-state index contributed by atoms with van der Waals surface area (Å²) in [4.78, 5) is 17.4. The maximum atomic E-state index is 10.6. The number of nitrogens with zero attached hydrogens (tertiary/aromatic N) is 3. The number of allylic oxidation sites excluding steroid dienone is 1. The van der Waals surface area contributed by atoms with Crippen LogP contribution in [0.15, 0.2) is 34.7 Å². The van der Waals surface area contributed by atoms with E-state index in [-0.39, 0.29) is 17.2 Å². The van der Waals surface area contributed by atoms with Gasteiger partial charge in [0, 0.05) is 6.08 Å². The molecule has 22 heavy (non-hydrogen) atoms. The number of nitro groups is 1. The number of para-hydroxylation sites is 1. The van der Waals surface area contributed by atoms with Crippen LogP contribution in [0.1, 0.15) is 17.1 Å². The summed E-state index contributed by atoms with van der Waals surface area (Å²) in [7, 11) is 0. The van der Waals surface area contributed by atoms with Crippen molar-refractivity contribution in [3.05, 3.63) is 57.6 Å². The lowest BCUT2D eigenvalue weighted by molar-refractivity contribution is -0.402. The van der Waals surface area contributed by atoms with Gasteiger partial charge in [0.05, 0.1) is 22.7 Å². The summed E-state index contributed by atoms with van der Waals surface area (Å²) >= 11 is 0. The first-order valence-electron chi connectivity index (χ1n) is 6.40. The normalized spacial score (nSPS) is 11.5. The van der Waals surface area contributed by atoms with Gasteiger partial charge in [-0.3, -0.25) is 10.1 Å². The van der Waals surface area contributed by atoms with Crippen LogP contribution in [0.3, 0.4) is 0 Å². The molecule has 0 fully saturated rings. The Hall–Kier alpha value is -3.40. The standard InChI is InChI=1S/C15H10N4O3/c1-9-3-2-4-12-14(9)18-15(17-12)10(8-16)7-11-5-6-13(22-11)19(20)21/h2-7H,1H3,(H,17,18)/b10-7+. The van der Waals surface area contributed by atoms with Crippen molar-refractivity contribution >= 4 is 28.6 Å². The van der Waals surface area contributed by atoms with E-state index in [1.807, 2.05) is 31.2 Å². The summed E-state index contributed by atoms with van der Waals surface area (Å²) in [6.45, 7) is 1.93. The smallest absolute Gasteiger partial charge is 0.401 e. The number of H-pyrrole nitrogens is 1. The Balaban J connectivity index is 2.05. The average Bonchev–Trinajstić information content (AvgIpc) is 3.12. The van der Waals surface area contributed by atoms with E-state index in [1.54, 1.807) is 0 Å². The van der Waals surface area contributed by atoms with Gasteiger partial charge in [0.1, 0.15) is 22.6 Å². The maximum Gasteiger partial charge on any atom is 0.433 e. The number of imidazole rings is 1. The zero-order valence-corrected chi connectivity index (χ0v) is 11.5. The molecule has 108 valence electrons. The molecular formula is C15H10N4O3. The summed E-state index contributed by atoms with van der Waals surface area (Å²) in [6.07, 6.45) is 1.42. The third kappa shape index (κ3) is 2.33. The van der Waals surface area contributed by atoms with Crippen molar-refractivity contribution in [1.82, 2.24) is 9.97 Å². The number of aryl methyl sites for hydroxylation is 1. The highest BCUT2D eigenvalue weighted by molar-refractivity contribution is 5.90. The molecule has 7 heteroatoms. The molecule has 0 spiro atoms. The Morgan fingerprint density at radius 1 is 1.45 bits per heavy atom. The van der Waals surface area contributed by atoms with Crippen LogP contribution in [0.25, 0.3) is 22.7 Å². The predicted octanol–water partition coefficient (Wildman–Crippen LogP) is 3.44. The molecule has 0 aliphatic carbocycles. The van der Waals surface area contributed by atoms with Crippen LogP contribution >= 0.6 is 0 Å². The Bertz CT molecular complexity index is 943. The Morgan fingerprint density at radius 3 is 2.91 bits per heavy atom. The number of aromatic nitrogens is 2. The third-order valence-electron chi connectivity index (χ3n) is 3.17. The first kappa shape index (κ1) is 13.6. The second-order valence-corrected chi connectivity index (χ2v) is 4.66. The van der Waals surface area contributed by atoms with Gasteiger partial charge in [-0.2, -0.15) is 5.26 Å². The van der Waals surface area contributed by atoms with E-state index in [9.17, 15) is 15.4 Å². The molecule has 7 nitrogen and oxygen atoms in total. The molecule has 0 saturated carbocycles. The van der Waals surface area contributed by atoms with E-state index < -0.39 is 4.92 Å². The number of hydrogen-bond acceptors (Lipinski definition) is 5. The molecule has 0 aliphatic heterocycles. The van der Waals surface area contributed by atoms with Crippen molar-refractivity contribution in [2.75, 3.05) is 0 Å². The second-order valence-electron chi connectivity index (χ2n) is 4.66. The molecule has 2 aromatic heterocycles. The van der Waals surface area contributed by atoms with Crippen molar-refractivity contribution in [3.63, 3.8) is 0 Å². The molecule has 3 aromatic rings. The van der Waals surface area contributed by atoms with Gasteiger partial charge >= 0.3 is 5.88 Å². The first-order chi connectivity index (χ1) is 10.6. The molecule has 0 bridgehead atoms. The van der Waals surface area contributed by atoms with E-state index in [1.165, 1.54) is 18.2 Å². The molecule has 0 aliphatic rings. The summed E-state index contributed by atoms with van der Waals surface area (Å²) < 4.78 is 5.03. The van der Waals surface area contributed by atoms with Crippen LogP contribution in [0.4, 0.5) is 5.88 Å². The molecule has 2 heterocycles. The highest BCUT2D eigenvalue weighted by atomic mass is 16.6. The molecule has 0 saturated heterocycles. The van der Waals surface area contributed by atoms with E-state index in [4.69, 9.17) is 4.42 Å². The fraction of sp³-hybridized carbons (Fsp3) is 0.0667. The molecule has 0 atom stereocenters. The number of furan rings is 1. The minimum absolute atomic E-state index is 0.223. The van der Waals surface area contributed by atoms with Crippen LogP contribution in [-0.2, 0) is 0 Å². The van der Waals surface area contributed by atoms with Gasteiger partial charge in [0.2, 0.25) is 0 Å². The topological polar surface area (TPSA) is 109 Å². The number of benzene rings is 1. The molecule has 3 rings (SSSR count). The van der Waals surface area contributed by atoms with Crippen LogP contribution in [0, 0.1) is 28.4 Å². The van der Waals surface area contributed by atoms with Gasteiger partial charge in [0.15, 0.2) is 0 Å². The number of aromatic amines is 1. The zero-order valence-electron chi connectivity index (χ0n) is 11.5. The molecule has 0 amide bonds. The van der Waals surface area contributed by atoms with E-state index >= 15 is 0 Å². The molecule has 0 radical (unpaired) electrons. The summed E-state index contributed by atoms with van der Waals surface area (Å²) in [5, 5.41) is 19.9. The zero-order chi connectivity index (χ0) is 15.7. The quantitative estimate of drug-likeness (QED) is 0.452. The molecule has 0 unspecified atom stereocenters. The monoisotopic (exact) mass is 294 g/mol. The van der Waals surface area contributed by atoms with Crippen molar-refractivity contribution in [2.24, 2.45) is 0 Å². The van der Waals surface area contributed by atoms with Crippen LogP contribution in [0.5, 0.6) is 0 Å². The van der Waals surface area contributed by atoms with E-state index in [2.05, 4.69) is 9.97 Å². The van der Waals surface area contributed by atoms with Gasteiger partial charge in [-0.05, 0) is 24.6 Å². The van der Waals surface area contributed by atoms with Crippen molar-refractivity contribution in [3.8, 4) is 6.07 Å². The lowest BCUT2D eigenvalue weighted by Crippen LogP contribution is -1.85. The van der Waals surface area contributed by atoms with E-state index in [0.717, 1.165) is 16.6 Å². The van der Waals surface area contributed by atoms with Crippen LogP contribution in [-0.4, -0.2) is 14.9 Å². The highest BCUT2D eigenvalue weighted by Gasteiger charge is 2.13. The van der Waals surface area contributed by atoms with Gasteiger partial charge in [0.25, 0.3) is 0 Å². The third-order valence-corrected chi connectivity index (χ3v) is 3.17. The first-order valence-corrected chi connectivity index (χ1v) is 6.40. The summed E-state index contributed by atoms with van der Waals surface area (Å²) in [5.74, 6) is 0.246. The van der Waals surface area contributed by atoms with Gasteiger partial charge in [-0.15, -0.1) is 0 Å². The summed E-state index contributed by atoms with van der Waals surface area (Å²) in [5.41, 5.74) is 2.83. The SMILES string of the molecule is Cc1cccc2[nH]c(/C(C#N)=C/c3ccc([N+](=O)[O-])o3)nc12. The van der Waals surface area contributed by atoms with Crippen molar-refractivity contribution < 1.29 is 9.34 Å². The number of nitrogens with one attached hydrogen (secondary N) is 1. The number of rotatable bonds is 3. The Morgan fingerprint density at radius 2 is 2.27 bits per heavy atom. The molecule has 1 N–H and O–H groups in total. The number of fused-ring (bicyclic) bond motifs is 1. The lowest BCUT2D eigenvalue weighted by atomic mass is 10.2. The number of nitriles is 1. The van der Waals surface area contributed by atoms with Crippen molar-refractivity contribution in [1.29, 1.82) is 5.26 Å². The summed E-state index contributed by atoms with van der Waals surface area (Å²) in [6, 6.07) is 10.4. The van der Waals surface area contributed by atoms with E-state index in [0.29, 0.717) is 5.82 Å². The molecule has 1 aromatic carbocycles. The maximum absolute atomic E-state index is 10.6. The Kier molecular flexibility index (Phi) is 3.20. The largest absolute Gasteiger partial charge is 0.433 e. The average molecular weight is 294 g/mol. The fourth-order valence-electron chi connectivity index (χ4n) is 2.12. The van der Waals surface area contributed by atoms with Gasteiger partial charge in [-0.25, -0.2) is 4.98 Å². The minimum Gasteiger partial charge on any atom is -0.401 e. The van der Waals surface area contributed by atoms with Crippen molar-refractivity contribution in [2.45, 2.75) is 6.92 Å². The fourth-order valence-corrected chi connectivity index (χ4v) is 2.12. The Labute approximate surface area is 124 Å². The van der Waals surface area contributed by atoms with Crippen LogP contribution < -0.4 is 0 Å². The second kappa shape index (κ2) is 5.18. The molecular weight excluding hydrogens is 284 g/mol. The van der Waals surface area contributed by atoms with Crippen LogP contribution in [0.2, 0.25) is 0 Å². The van der Waals surface area contributed by atoms with Gasteiger partial charge in [-0.1, -0.05) is 12.1 Å². The lowest BCUT2D eigenvalue weighted by Gasteiger charge is -1.91. The number of hydrogen-bond donors (Lipinski definition) is 1.